The molecule has 0 radical (unpaired) electrons. The zero-order valence-corrected chi connectivity index (χ0v) is 22.2. The molecule has 4 fully saturated rings. The SMILES string of the molecule is CC(=O)OC[C@@]12[C@@H](OC(=O)C(C)C)C[C@]3(C)O[C@]4(CC[C@]3(C)[C@H]1CCC[C@]2(O)CCl)COC(=O)C4. The van der Waals surface area contributed by atoms with Crippen molar-refractivity contribution in [1.82, 2.24) is 0 Å². The van der Waals surface area contributed by atoms with Crippen LogP contribution in [-0.4, -0.2) is 65.0 Å². The van der Waals surface area contributed by atoms with Crippen molar-refractivity contribution in [1.29, 1.82) is 0 Å². The number of aliphatic hydroxyl groups is 1. The van der Waals surface area contributed by atoms with Gasteiger partial charge in [0.05, 0.1) is 34.8 Å². The Morgan fingerprint density at radius 1 is 1.23 bits per heavy atom. The molecule has 0 amide bonds. The Labute approximate surface area is 212 Å². The summed E-state index contributed by atoms with van der Waals surface area (Å²) in [5.41, 5.74) is -4.42. The standard InChI is InChI=1S/C26H39ClO8/c1-16(2)21(30)34-19-11-23(5)22(4,9-10-24(35-23)12-20(29)33-14-24)18-7-6-8-25(31,13-27)26(18,19)15-32-17(3)28/h16,18-19,31H,6-15H2,1-5H3/t18-,19+,22-,23+,24+,25+,26+/m1/s1. The van der Waals surface area contributed by atoms with Crippen LogP contribution in [0.3, 0.4) is 0 Å². The topological polar surface area (TPSA) is 108 Å². The van der Waals surface area contributed by atoms with Crippen LogP contribution in [0.1, 0.15) is 79.6 Å². The van der Waals surface area contributed by atoms with Crippen LogP contribution in [-0.2, 0) is 33.3 Å². The molecule has 2 saturated carbocycles. The van der Waals surface area contributed by atoms with Crippen LogP contribution in [0.4, 0.5) is 0 Å². The second-order valence-corrected chi connectivity index (χ2v) is 12.3. The molecule has 8 nitrogen and oxygen atoms in total. The van der Waals surface area contributed by atoms with Gasteiger partial charge in [0.25, 0.3) is 0 Å². The molecule has 2 aliphatic heterocycles. The predicted molar refractivity (Wildman–Crippen MR) is 127 cm³/mol. The number of hydrogen-bond donors (Lipinski definition) is 1. The number of esters is 3. The van der Waals surface area contributed by atoms with Crippen LogP contribution in [0.25, 0.3) is 0 Å². The average molecular weight is 515 g/mol. The molecule has 35 heavy (non-hydrogen) atoms. The van der Waals surface area contributed by atoms with E-state index in [9.17, 15) is 19.5 Å². The van der Waals surface area contributed by atoms with Gasteiger partial charge in [0.15, 0.2) is 0 Å². The molecule has 1 spiro atoms. The monoisotopic (exact) mass is 514 g/mol. The van der Waals surface area contributed by atoms with E-state index in [4.69, 9.17) is 30.5 Å². The number of carbonyl (C=O) groups excluding carboxylic acids is 3. The first-order chi connectivity index (χ1) is 16.3. The lowest BCUT2D eigenvalue weighted by Crippen LogP contribution is -2.77. The number of hydrogen-bond acceptors (Lipinski definition) is 8. The summed E-state index contributed by atoms with van der Waals surface area (Å²) in [7, 11) is 0. The van der Waals surface area contributed by atoms with E-state index < -0.39 is 45.7 Å². The van der Waals surface area contributed by atoms with Crippen LogP contribution < -0.4 is 0 Å². The molecule has 4 aliphatic rings. The van der Waals surface area contributed by atoms with Crippen LogP contribution >= 0.6 is 11.6 Å². The maximum atomic E-state index is 13.0. The summed E-state index contributed by atoms with van der Waals surface area (Å²) in [5.74, 6) is -1.78. The van der Waals surface area contributed by atoms with E-state index >= 15 is 0 Å². The lowest BCUT2D eigenvalue weighted by molar-refractivity contribution is -0.341. The molecule has 198 valence electrons. The van der Waals surface area contributed by atoms with Gasteiger partial charge < -0.3 is 24.1 Å². The molecule has 0 aromatic rings. The number of fused-ring (bicyclic) bond motifs is 3. The molecule has 4 rings (SSSR count). The molecule has 2 aliphatic carbocycles. The van der Waals surface area contributed by atoms with Crippen LogP contribution in [0.5, 0.6) is 0 Å². The van der Waals surface area contributed by atoms with E-state index in [1.165, 1.54) is 6.92 Å². The van der Waals surface area contributed by atoms with Crippen molar-refractivity contribution < 1.29 is 38.4 Å². The first-order valence-corrected chi connectivity index (χ1v) is 13.3. The highest BCUT2D eigenvalue weighted by atomic mass is 35.5. The van der Waals surface area contributed by atoms with Gasteiger partial charge in [-0.25, -0.2) is 0 Å². The molecule has 0 aromatic carbocycles. The molecular weight excluding hydrogens is 476 g/mol. The fourth-order valence-corrected chi connectivity index (χ4v) is 7.92. The molecule has 1 N–H and O–H groups in total. The molecule has 0 aromatic heterocycles. The summed E-state index contributed by atoms with van der Waals surface area (Å²) in [4.78, 5) is 37.0. The van der Waals surface area contributed by atoms with Gasteiger partial charge in [-0.05, 0) is 38.5 Å². The zero-order valence-electron chi connectivity index (χ0n) is 21.5. The van der Waals surface area contributed by atoms with Gasteiger partial charge in [0.2, 0.25) is 0 Å². The van der Waals surface area contributed by atoms with Gasteiger partial charge in [-0.3, -0.25) is 14.4 Å². The normalized spacial score (nSPS) is 45.0. The van der Waals surface area contributed by atoms with Crippen molar-refractivity contribution in [3.05, 3.63) is 0 Å². The number of halogens is 1. The molecule has 9 heteroatoms. The molecule has 2 saturated heterocycles. The first-order valence-electron chi connectivity index (χ1n) is 12.7. The third-order valence-electron chi connectivity index (χ3n) is 9.67. The van der Waals surface area contributed by atoms with Gasteiger partial charge in [0.1, 0.15) is 24.9 Å². The third-order valence-corrected chi connectivity index (χ3v) is 10.1. The van der Waals surface area contributed by atoms with Crippen molar-refractivity contribution in [2.75, 3.05) is 19.1 Å². The largest absolute Gasteiger partial charge is 0.465 e. The molecule has 0 bridgehead atoms. The minimum Gasteiger partial charge on any atom is -0.465 e. The zero-order chi connectivity index (χ0) is 25.9. The summed E-state index contributed by atoms with van der Waals surface area (Å²) in [6, 6.07) is 0. The summed E-state index contributed by atoms with van der Waals surface area (Å²) in [6.07, 6.45) is 2.96. The van der Waals surface area contributed by atoms with Crippen molar-refractivity contribution >= 4 is 29.5 Å². The maximum Gasteiger partial charge on any atom is 0.308 e. The maximum absolute atomic E-state index is 13.0. The summed E-state index contributed by atoms with van der Waals surface area (Å²) >= 11 is 6.46. The summed E-state index contributed by atoms with van der Waals surface area (Å²) < 4.78 is 23.9. The minimum atomic E-state index is -1.40. The van der Waals surface area contributed by atoms with E-state index in [0.29, 0.717) is 12.8 Å². The highest BCUT2D eigenvalue weighted by Gasteiger charge is 2.75. The minimum absolute atomic E-state index is 0.0690. The second-order valence-electron chi connectivity index (χ2n) is 12.0. The lowest BCUT2D eigenvalue weighted by Gasteiger charge is -2.70. The Bertz CT molecular complexity index is 893. The van der Waals surface area contributed by atoms with Gasteiger partial charge >= 0.3 is 17.9 Å². The predicted octanol–water partition coefficient (Wildman–Crippen LogP) is 3.54. The van der Waals surface area contributed by atoms with E-state index in [2.05, 4.69) is 6.92 Å². The quantitative estimate of drug-likeness (QED) is 0.337. The van der Waals surface area contributed by atoms with Crippen molar-refractivity contribution in [2.45, 2.75) is 102 Å². The Morgan fingerprint density at radius 2 is 1.94 bits per heavy atom. The van der Waals surface area contributed by atoms with Crippen molar-refractivity contribution in [3.8, 4) is 0 Å². The summed E-state index contributed by atoms with van der Waals surface area (Å²) in [5, 5.41) is 12.1. The van der Waals surface area contributed by atoms with Gasteiger partial charge in [-0.1, -0.05) is 27.2 Å². The number of ether oxygens (including phenoxy) is 4. The van der Waals surface area contributed by atoms with Crippen molar-refractivity contribution in [2.24, 2.45) is 22.7 Å². The van der Waals surface area contributed by atoms with E-state index in [-0.39, 0.29) is 49.7 Å². The summed E-state index contributed by atoms with van der Waals surface area (Å²) in [6.45, 7) is 9.16. The molecular formula is C26H39ClO8. The van der Waals surface area contributed by atoms with Gasteiger partial charge in [-0.2, -0.15) is 0 Å². The molecule has 0 unspecified atom stereocenters. The Balaban J connectivity index is 1.85. The fourth-order valence-electron chi connectivity index (χ4n) is 7.54. The number of cyclic esters (lactones) is 1. The third kappa shape index (κ3) is 3.98. The Morgan fingerprint density at radius 3 is 2.51 bits per heavy atom. The van der Waals surface area contributed by atoms with E-state index in [0.717, 1.165) is 19.3 Å². The van der Waals surface area contributed by atoms with Crippen LogP contribution in [0, 0.1) is 22.7 Å². The Kier molecular flexibility index (Phi) is 6.76. The number of carbonyl (C=O) groups is 3. The van der Waals surface area contributed by atoms with E-state index in [1.807, 2.05) is 6.92 Å². The highest BCUT2D eigenvalue weighted by molar-refractivity contribution is 6.18. The molecule has 2 heterocycles. The van der Waals surface area contributed by atoms with Crippen LogP contribution in [0.2, 0.25) is 0 Å². The first kappa shape index (κ1) is 26.7. The average Bonchev–Trinajstić information content (AvgIpc) is 3.14. The lowest BCUT2D eigenvalue weighted by atomic mass is 9.40. The number of alkyl halides is 1. The van der Waals surface area contributed by atoms with E-state index in [1.54, 1.807) is 13.8 Å². The second kappa shape index (κ2) is 8.88. The van der Waals surface area contributed by atoms with Crippen LogP contribution in [0.15, 0.2) is 0 Å². The van der Waals surface area contributed by atoms with Gasteiger partial charge in [-0.15, -0.1) is 11.6 Å². The highest BCUT2D eigenvalue weighted by Crippen LogP contribution is 2.69. The smallest absolute Gasteiger partial charge is 0.308 e. The fraction of sp³-hybridized carbons (Fsp3) is 0.885. The number of rotatable bonds is 5. The Hall–Kier alpha value is -1.38. The van der Waals surface area contributed by atoms with Gasteiger partial charge in [0, 0.05) is 18.8 Å². The van der Waals surface area contributed by atoms with Crippen molar-refractivity contribution in [3.63, 3.8) is 0 Å². The molecule has 7 atom stereocenters.